The van der Waals surface area contributed by atoms with E-state index in [2.05, 4.69) is 28.0 Å². The van der Waals surface area contributed by atoms with Crippen molar-refractivity contribution < 1.29 is 9.94 Å². The van der Waals surface area contributed by atoms with Gasteiger partial charge in [-0.3, -0.25) is 0 Å². The molecule has 0 unspecified atom stereocenters. The molecule has 1 N–H and O–H groups in total. The predicted molar refractivity (Wildman–Crippen MR) is 82.4 cm³/mol. The molecule has 0 radical (unpaired) electrons. The van der Waals surface area contributed by atoms with Gasteiger partial charge in [-0.2, -0.15) is 0 Å². The molecule has 0 saturated carbocycles. The fourth-order valence-corrected chi connectivity index (χ4v) is 2.26. The van der Waals surface area contributed by atoms with Crippen molar-refractivity contribution in [2.24, 2.45) is 5.16 Å². The van der Waals surface area contributed by atoms with Crippen LogP contribution in [0.3, 0.4) is 0 Å². The number of halogens is 1. The molecule has 3 nitrogen and oxygen atoms in total. The number of hydrogen-bond acceptors (Lipinski definition) is 3. The Morgan fingerprint density at radius 3 is 2.68 bits per heavy atom. The highest BCUT2D eigenvalue weighted by Crippen LogP contribution is 2.22. The molecular formula is C15H22BrNO2. The highest BCUT2D eigenvalue weighted by Gasteiger charge is 2.02. The highest BCUT2D eigenvalue weighted by atomic mass is 79.9. The second-order valence-electron chi connectivity index (χ2n) is 4.54. The molecule has 0 spiro atoms. The third-order valence-electron chi connectivity index (χ3n) is 2.92. The molecule has 0 saturated heterocycles. The molecule has 0 amide bonds. The van der Waals surface area contributed by atoms with Gasteiger partial charge in [-0.25, -0.2) is 0 Å². The molecule has 106 valence electrons. The zero-order valence-corrected chi connectivity index (χ0v) is 13.0. The summed E-state index contributed by atoms with van der Waals surface area (Å²) in [5.41, 5.74) is 0.780. The van der Waals surface area contributed by atoms with Crippen LogP contribution in [0.4, 0.5) is 0 Å². The molecule has 0 atom stereocenters. The van der Waals surface area contributed by atoms with Crippen LogP contribution in [0.25, 0.3) is 0 Å². The Balaban J connectivity index is 2.32. The van der Waals surface area contributed by atoms with Crippen molar-refractivity contribution in [2.45, 2.75) is 45.4 Å². The lowest BCUT2D eigenvalue weighted by molar-refractivity contribution is 0.302. The number of oxime groups is 1. The van der Waals surface area contributed by atoms with Gasteiger partial charge in [0.25, 0.3) is 0 Å². The molecule has 1 rings (SSSR count). The van der Waals surface area contributed by atoms with Crippen molar-refractivity contribution in [3.63, 3.8) is 0 Å². The van der Waals surface area contributed by atoms with E-state index in [1.165, 1.54) is 38.3 Å². The number of unbranched alkanes of at least 4 members (excludes halogenated alkanes) is 5. The van der Waals surface area contributed by atoms with Gasteiger partial charge < -0.3 is 9.94 Å². The summed E-state index contributed by atoms with van der Waals surface area (Å²) in [6.45, 7) is 2.93. The SMILES string of the molecule is CCCCCCCCOc1ccc(Br)cc1/C=N/O. The number of hydrogen-bond donors (Lipinski definition) is 1. The van der Waals surface area contributed by atoms with Gasteiger partial charge in [-0.05, 0) is 24.6 Å². The molecule has 0 aliphatic rings. The first-order chi connectivity index (χ1) is 9.27. The second kappa shape index (κ2) is 9.84. The third-order valence-corrected chi connectivity index (χ3v) is 3.42. The van der Waals surface area contributed by atoms with Crippen LogP contribution in [-0.4, -0.2) is 18.0 Å². The van der Waals surface area contributed by atoms with Crippen molar-refractivity contribution in [3.05, 3.63) is 28.2 Å². The van der Waals surface area contributed by atoms with Crippen molar-refractivity contribution in [1.29, 1.82) is 0 Å². The topological polar surface area (TPSA) is 41.8 Å². The minimum absolute atomic E-state index is 0.708. The molecule has 0 fully saturated rings. The molecule has 0 aliphatic heterocycles. The standard InChI is InChI=1S/C15H22BrNO2/c1-2-3-4-5-6-7-10-19-15-9-8-14(16)11-13(15)12-17-18/h8-9,11-12,18H,2-7,10H2,1H3/b17-12+. The first kappa shape index (κ1) is 16.0. The lowest BCUT2D eigenvalue weighted by Gasteiger charge is -2.09. The first-order valence-electron chi connectivity index (χ1n) is 6.87. The predicted octanol–water partition coefficient (Wildman–Crippen LogP) is 5.00. The molecule has 0 heterocycles. The Kier molecular flexibility index (Phi) is 8.30. The maximum absolute atomic E-state index is 8.63. The van der Waals surface area contributed by atoms with E-state index in [0.29, 0.717) is 6.61 Å². The second-order valence-corrected chi connectivity index (χ2v) is 5.46. The minimum atomic E-state index is 0.708. The maximum atomic E-state index is 8.63. The highest BCUT2D eigenvalue weighted by molar-refractivity contribution is 9.10. The number of nitrogens with zero attached hydrogens (tertiary/aromatic N) is 1. The van der Waals surface area contributed by atoms with Gasteiger partial charge in [0, 0.05) is 10.0 Å². The number of rotatable bonds is 9. The summed E-state index contributed by atoms with van der Waals surface area (Å²) in [7, 11) is 0. The quantitative estimate of drug-likeness (QED) is 0.300. The van der Waals surface area contributed by atoms with Crippen molar-refractivity contribution in [2.75, 3.05) is 6.61 Å². The fraction of sp³-hybridized carbons (Fsp3) is 0.533. The molecule has 1 aromatic carbocycles. The molecule has 0 aromatic heterocycles. The van der Waals surface area contributed by atoms with Crippen LogP contribution >= 0.6 is 15.9 Å². The lowest BCUT2D eigenvalue weighted by Crippen LogP contribution is -2.00. The van der Waals surface area contributed by atoms with E-state index in [0.717, 1.165) is 22.2 Å². The average molecular weight is 328 g/mol. The summed E-state index contributed by atoms with van der Waals surface area (Å²) in [5, 5.41) is 11.7. The van der Waals surface area contributed by atoms with Crippen LogP contribution in [0.5, 0.6) is 5.75 Å². The Bertz CT molecular complexity index is 394. The number of benzene rings is 1. The van der Waals surface area contributed by atoms with E-state index in [4.69, 9.17) is 9.94 Å². The van der Waals surface area contributed by atoms with E-state index in [1.807, 2.05) is 18.2 Å². The van der Waals surface area contributed by atoms with E-state index in [-0.39, 0.29) is 0 Å². The van der Waals surface area contributed by atoms with Gasteiger partial charge in [0.05, 0.1) is 12.8 Å². The van der Waals surface area contributed by atoms with Gasteiger partial charge in [-0.1, -0.05) is 60.1 Å². The zero-order chi connectivity index (χ0) is 13.9. The van der Waals surface area contributed by atoms with Crippen LogP contribution in [-0.2, 0) is 0 Å². The Morgan fingerprint density at radius 1 is 1.21 bits per heavy atom. The van der Waals surface area contributed by atoms with Gasteiger partial charge in [0.1, 0.15) is 5.75 Å². The summed E-state index contributed by atoms with van der Waals surface area (Å²) in [6, 6.07) is 5.68. The van der Waals surface area contributed by atoms with Crippen LogP contribution in [0.15, 0.2) is 27.8 Å². The summed E-state index contributed by atoms with van der Waals surface area (Å²) in [5.74, 6) is 0.759. The summed E-state index contributed by atoms with van der Waals surface area (Å²) in [6.07, 6.45) is 8.86. The monoisotopic (exact) mass is 327 g/mol. The molecule has 0 aliphatic carbocycles. The van der Waals surface area contributed by atoms with Crippen LogP contribution < -0.4 is 4.74 Å². The maximum Gasteiger partial charge on any atom is 0.128 e. The Labute approximate surface area is 123 Å². The van der Waals surface area contributed by atoms with Crippen molar-refractivity contribution in [3.8, 4) is 5.75 Å². The van der Waals surface area contributed by atoms with E-state index in [1.54, 1.807) is 0 Å². The van der Waals surface area contributed by atoms with Crippen LogP contribution in [0.2, 0.25) is 0 Å². The average Bonchev–Trinajstić information content (AvgIpc) is 2.40. The van der Waals surface area contributed by atoms with Gasteiger partial charge in [0.15, 0.2) is 0 Å². The van der Waals surface area contributed by atoms with Crippen molar-refractivity contribution in [1.82, 2.24) is 0 Å². The molecule has 0 bridgehead atoms. The van der Waals surface area contributed by atoms with E-state index >= 15 is 0 Å². The van der Waals surface area contributed by atoms with Gasteiger partial charge in [0.2, 0.25) is 0 Å². The normalized spacial score (nSPS) is 11.1. The fourth-order valence-electron chi connectivity index (χ4n) is 1.88. The van der Waals surface area contributed by atoms with Gasteiger partial charge >= 0.3 is 0 Å². The lowest BCUT2D eigenvalue weighted by atomic mass is 10.1. The minimum Gasteiger partial charge on any atom is -0.493 e. The molecule has 1 aromatic rings. The number of ether oxygens (including phenoxy) is 1. The van der Waals surface area contributed by atoms with E-state index in [9.17, 15) is 0 Å². The Morgan fingerprint density at radius 2 is 1.95 bits per heavy atom. The largest absolute Gasteiger partial charge is 0.493 e. The first-order valence-corrected chi connectivity index (χ1v) is 7.67. The summed E-state index contributed by atoms with van der Waals surface area (Å²) >= 11 is 3.38. The van der Waals surface area contributed by atoms with Crippen molar-refractivity contribution >= 4 is 22.1 Å². The smallest absolute Gasteiger partial charge is 0.128 e. The summed E-state index contributed by atoms with van der Waals surface area (Å²) < 4.78 is 6.67. The zero-order valence-electron chi connectivity index (χ0n) is 11.4. The Hall–Kier alpha value is -1.03. The van der Waals surface area contributed by atoms with Gasteiger partial charge in [-0.15, -0.1) is 0 Å². The van der Waals surface area contributed by atoms with E-state index < -0.39 is 0 Å². The molecule has 4 heteroatoms. The molecular weight excluding hydrogens is 306 g/mol. The molecule has 19 heavy (non-hydrogen) atoms. The summed E-state index contributed by atoms with van der Waals surface area (Å²) in [4.78, 5) is 0. The van der Waals surface area contributed by atoms with Crippen LogP contribution in [0.1, 0.15) is 51.0 Å². The third kappa shape index (κ3) is 6.62. The van der Waals surface area contributed by atoms with Crippen LogP contribution in [0, 0.1) is 0 Å².